The predicted octanol–water partition coefficient (Wildman–Crippen LogP) is 2.20. The van der Waals surface area contributed by atoms with Gasteiger partial charge in [-0.2, -0.15) is 4.31 Å². The number of nitrogens with one attached hydrogen (secondary N) is 1. The molecule has 1 aromatic heterocycles. The number of amides is 2. The van der Waals surface area contributed by atoms with Crippen LogP contribution in [-0.2, 0) is 19.6 Å². The van der Waals surface area contributed by atoms with Crippen LogP contribution in [0.3, 0.4) is 0 Å². The molecule has 0 radical (unpaired) electrons. The third-order valence-corrected chi connectivity index (χ3v) is 9.68. The number of benzene rings is 1. The van der Waals surface area contributed by atoms with Gasteiger partial charge in [0.05, 0.1) is 30.4 Å². The lowest BCUT2D eigenvalue weighted by Crippen LogP contribution is -2.50. The van der Waals surface area contributed by atoms with E-state index in [4.69, 9.17) is 14.0 Å². The Bertz CT molecular complexity index is 1320. The molecule has 2 aromatic rings. The topological polar surface area (TPSA) is 152 Å². The van der Waals surface area contributed by atoms with E-state index in [2.05, 4.69) is 10.5 Å². The average molecular weight is 579 g/mol. The van der Waals surface area contributed by atoms with Crippen LogP contribution in [0.5, 0.6) is 5.75 Å². The highest BCUT2D eigenvalue weighted by molar-refractivity contribution is 7.89. The molecule has 0 saturated carbocycles. The standard InChI is InChI=1S/C27H38N4O8S/c1-16-13-31(17(2)15-32)27(34)21-7-6-8-22(28-26(33)20-9-11-37-12-10-20)24(21)38-23(16)14-30(5)40(35,36)25-18(3)29-39-19(25)4/h6-8,16-17,20,23,32H,9-15H2,1-5H3,(H,28,33)/t16-,17+,23-/m0/s1. The fourth-order valence-electron chi connectivity index (χ4n) is 5.10. The van der Waals surface area contributed by atoms with Gasteiger partial charge in [-0.15, -0.1) is 0 Å². The summed E-state index contributed by atoms with van der Waals surface area (Å²) in [5, 5.41) is 16.6. The summed E-state index contributed by atoms with van der Waals surface area (Å²) >= 11 is 0. The number of para-hydroxylation sites is 1. The fraction of sp³-hybridized carbons (Fsp3) is 0.593. The van der Waals surface area contributed by atoms with Gasteiger partial charge in [0.25, 0.3) is 5.91 Å². The maximum absolute atomic E-state index is 13.7. The first-order valence-corrected chi connectivity index (χ1v) is 14.9. The number of anilines is 1. The molecule has 2 aliphatic rings. The lowest BCUT2D eigenvalue weighted by molar-refractivity contribution is -0.122. The number of rotatable bonds is 8. The molecule has 3 atom stereocenters. The van der Waals surface area contributed by atoms with Gasteiger partial charge in [-0.05, 0) is 45.7 Å². The minimum atomic E-state index is -3.97. The quantitative estimate of drug-likeness (QED) is 0.480. The molecule has 2 N–H and O–H groups in total. The molecule has 0 bridgehead atoms. The summed E-state index contributed by atoms with van der Waals surface area (Å²) in [7, 11) is -2.52. The smallest absolute Gasteiger partial charge is 0.258 e. The third kappa shape index (κ3) is 6.02. The maximum atomic E-state index is 13.7. The van der Waals surface area contributed by atoms with Crippen molar-refractivity contribution in [3.63, 3.8) is 0 Å². The van der Waals surface area contributed by atoms with Crippen molar-refractivity contribution in [2.24, 2.45) is 11.8 Å². The molecular formula is C27H38N4O8S. The first kappa shape index (κ1) is 30.0. The molecule has 13 heteroatoms. The van der Waals surface area contributed by atoms with Gasteiger partial charge < -0.3 is 29.3 Å². The molecular weight excluding hydrogens is 540 g/mol. The van der Waals surface area contributed by atoms with E-state index in [1.165, 1.54) is 11.4 Å². The van der Waals surface area contributed by atoms with Crippen molar-refractivity contribution < 1.29 is 37.1 Å². The highest BCUT2D eigenvalue weighted by Crippen LogP contribution is 2.36. The van der Waals surface area contributed by atoms with E-state index in [9.17, 15) is 23.1 Å². The van der Waals surface area contributed by atoms with Gasteiger partial charge >= 0.3 is 0 Å². The lowest BCUT2D eigenvalue weighted by atomic mass is 9.98. The average Bonchev–Trinajstić information content (AvgIpc) is 3.29. The number of hydrogen-bond donors (Lipinski definition) is 2. The number of hydrogen-bond acceptors (Lipinski definition) is 9. The Morgan fingerprint density at radius 3 is 2.60 bits per heavy atom. The maximum Gasteiger partial charge on any atom is 0.258 e. The Kier molecular flexibility index (Phi) is 9.18. The molecule has 2 aliphatic heterocycles. The second kappa shape index (κ2) is 12.2. The van der Waals surface area contributed by atoms with Gasteiger partial charge in [-0.3, -0.25) is 9.59 Å². The molecule has 2 amide bonds. The summed E-state index contributed by atoms with van der Waals surface area (Å²) in [5.74, 6) is -0.761. The molecule has 0 spiro atoms. The number of ether oxygens (including phenoxy) is 2. The van der Waals surface area contributed by atoms with Gasteiger partial charge in [0.1, 0.15) is 16.7 Å². The summed E-state index contributed by atoms with van der Waals surface area (Å²) in [4.78, 5) is 28.3. The number of aliphatic hydroxyl groups is 1. The Balaban J connectivity index is 1.71. The van der Waals surface area contributed by atoms with Crippen molar-refractivity contribution in [3.05, 3.63) is 35.2 Å². The van der Waals surface area contributed by atoms with Crippen LogP contribution in [0.4, 0.5) is 5.69 Å². The van der Waals surface area contributed by atoms with E-state index in [-0.39, 0.29) is 71.0 Å². The van der Waals surface area contributed by atoms with E-state index < -0.39 is 22.2 Å². The van der Waals surface area contributed by atoms with Crippen LogP contribution in [0.15, 0.2) is 27.6 Å². The molecule has 3 heterocycles. The van der Waals surface area contributed by atoms with Crippen molar-refractivity contribution in [3.8, 4) is 5.75 Å². The highest BCUT2D eigenvalue weighted by atomic mass is 32.2. The lowest BCUT2D eigenvalue weighted by Gasteiger charge is -2.38. The number of carbonyl (C=O) groups is 2. The predicted molar refractivity (Wildman–Crippen MR) is 146 cm³/mol. The zero-order valence-electron chi connectivity index (χ0n) is 23.5. The minimum Gasteiger partial charge on any atom is -0.486 e. The van der Waals surface area contributed by atoms with Crippen LogP contribution in [0.2, 0.25) is 0 Å². The summed E-state index contributed by atoms with van der Waals surface area (Å²) < 4.78 is 45.1. The second-order valence-corrected chi connectivity index (χ2v) is 12.6. The van der Waals surface area contributed by atoms with Crippen LogP contribution in [0.25, 0.3) is 0 Å². The van der Waals surface area contributed by atoms with E-state index in [1.807, 2.05) is 6.92 Å². The fourth-order valence-corrected chi connectivity index (χ4v) is 6.57. The van der Waals surface area contributed by atoms with E-state index >= 15 is 0 Å². The minimum absolute atomic E-state index is 0.00372. The van der Waals surface area contributed by atoms with E-state index in [0.29, 0.717) is 31.7 Å². The van der Waals surface area contributed by atoms with Crippen molar-refractivity contribution in [1.82, 2.24) is 14.4 Å². The number of carbonyl (C=O) groups excluding carboxylic acids is 2. The molecule has 0 aliphatic carbocycles. The molecule has 220 valence electrons. The number of sulfonamides is 1. The summed E-state index contributed by atoms with van der Waals surface area (Å²) in [6.07, 6.45) is 0.473. The number of nitrogens with zero attached hydrogens (tertiary/aromatic N) is 3. The molecule has 1 aromatic carbocycles. The molecule has 4 rings (SSSR count). The SMILES string of the molecule is Cc1noc(C)c1S(=O)(=O)N(C)C[C@@H]1Oc2c(NC(=O)C3CCOCC3)cccc2C(=O)N([C@H](C)CO)C[C@@H]1C. The summed E-state index contributed by atoms with van der Waals surface area (Å²) in [6, 6.07) is 4.44. The first-order chi connectivity index (χ1) is 18.9. The summed E-state index contributed by atoms with van der Waals surface area (Å²) in [5.41, 5.74) is 0.806. The number of aliphatic hydroxyl groups excluding tert-OH is 1. The van der Waals surface area contributed by atoms with Gasteiger partial charge in [-0.1, -0.05) is 18.1 Å². The number of aromatic nitrogens is 1. The van der Waals surface area contributed by atoms with Crippen LogP contribution < -0.4 is 10.1 Å². The zero-order chi connectivity index (χ0) is 29.2. The third-order valence-electron chi connectivity index (χ3n) is 7.61. The van der Waals surface area contributed by atoms with Crippen LogP contribution >= 0.6 is 0 Å². The van der Waals surface area contributed by atoms with Crippen LogP contribution in [0.1, 0.15) is 48.5 Å². The highest BCUT2D eigenvalue weighted by Gasteiger charge is 2.37. The Labute approximate surface area is 234 Å². The van der Waals surface area contributed by atoms with Gasteiger partial charge in [-0.25, -0.2) is 8.42 Å². The monoisotopic (exact) mass is 578 g/mol. The molecule has 0 unspecified atom stereocenters. The normalized spacial score (nSPS) is 21.4. The number of aryl methyl sites for hydroxylation is 2. The molecule has 40 heavy (non-hydrogen) atoms. The molecule has 1 saturated heterocycles. The summed E-state index contributed by atoms with van der Waals surface area (Å²) in [6.45, 7) is 7.63. The van der Waals surface area contributed by atoms with E-state index in [0.717, 1.165) is 0 Å². The zero-order valence-corrected chi connectivity index (χ0v) is 24.4. The largest absolute Gasteiger partial charge is 0.486 e. The Morgan fingerprint density at radius 1 is 1.27 bits per heavy atom. The number of likely N-dealkylation sites (N-methyl/N-ethyl adjacent to an activating group) is 1. The van der Waals surface area contributed by atoms with Crippen molar-refractivity contribution in [1.29, 1.82) is 0 Å². The van der Waals surface area contributed by atoms with Crippen LogP contribution in [0, 0.1) is 25.7 Å². The van der Waals surface area contributed by atoms with Crippen LogP contribution in [-0.4, -0.2) is 91.8 Å². The van der Waals surface area contributed by atoms with E-state index in [1.54, 1.807) is 43.9 Å². The van der Waals surface area contributed by atoms with Crippen molar-refractivity contribution in [2.75, 3.05) is 45.3 Å². The Morgan fingerprint density at radius 2 is 1.98 bits per heavy atom. The van der Waals surface area contributed by atoms with Gasteiger partial charge in [0.2, 0.25) is 15.9 Å². The Hall–Kier alpha value is -3.00. The van der Waals surface area contributed by atoms with Gasteiger partial charge in [0, 0.05) is 38.6 Å². The van der Waals surface area contributed by atoms with Crippen molar-refractivity contribution in [2.45, 2.75) is 57.6 Å². The number of fused-ring (bicyclic) bond motifs is 1. The van der Waals surface area contributed by atoms with Gasteiger partial charge in [0.15, 0.2) is 11.5 Å². The molecule has 1 fully saturated rings. The first-order valence-electron chi connectivity index (χ1n) is 13.4. The molecule has 12 nitrogen and oxygen atoms in total. The second-order valence-electron chi connectivity index (χ2n) is 10.6. The van der Waals surface area contributed by atoms with Crippen molar-refractivity contribution >= 4 is 27.5 Å².